The first-order valence-corrected chi connectivity index (χ1v) is 14.2. The number of pyridine rings is 2. The van der Waals surface area contributed by atoms with E-state index in [0.29, 0.717) is 33.8 Å². The normalized spacial score (nSPS) is 24.7. The van der Waals surface area contributed by atoms with Gasteiger partial charge in [-0.3, -0.25) is 9.97 Å². The standard InChI is InChI=1S/C30H29Cl2N3O3/c31-23-15-33-16-24(32)26(23)27-22(28(38-35-27)19-5-6-19)17-37-30-10-7-29(8-11-30,9-12-30)18-36-21-13-20-3-1-2-4-25(20)34-14-21/h1-4,13-16,19H,5-12,17-18H2. The highest BCUT2D eigenvalue weighted by Gasteiger charge is 2.50. The van der Waals surface area contributed by atoms with Crippen LogP contribution in [-0.4, -0.2) is 27.3 Å². The third-order valence-corrected chi connectivity index (χ3v) is 9.40. The predicted molar refractivity (Wildman–Crippen MR) is 147 cm³/mol. The molecule has 38 heavy (non-hydrogen) atoms. The number of hydrogen-bond acceptors (Lipinski definition) is 6. The molecule has 4 aromatic rings. The second-order valence-electron chi connectivity index (χ2n) is 11.3. The summed E-state index contributed by atoms with van der Waals surface area (Å²) in [6.45, 7) is 1.18. The molecule has 4 aliphatic carbocycles. The quantitative estimate of drug-likeness (QED) is 0.221. The zero-order valence-electron chi connectivity index (χ0n) is 21.1. The Labute approximate surface area is 231 Å². The van der Waals surface area contributed by atoms with Crippen molar-refractivity contribution >= 4 is 34.1 Å². The van der Waals surface area contributed by atoms with Gasteiger partial charge in [0.1, 0.15) is 17.2 Å². The van der Waals surface area contributed by atoms with E-state index in [1.807, 2.05) is 24.4 Å². The second-order valence-corrected chi connectivity index (χ2v) is 12.1. The predicted octanol–water partition coefficient (Wildman–Crippen LogP) is 8.16. The number of hydrogen-bond donors (Lipinski definition) is 0. The Bertz CT molecular complexity index is 1450. The van der Waals surface area contributed by atoms with Crippen LogP contribution >= 0.6 is 23.2 Å². The van der Waals surface area contributed by atoms with Crippen molar-refractivity contribution in [3.63, 3.8) is 0 Å². The van der Waals surface area contributed by atoms with E-state index in [1.54, 1.807) is 12.4 Å². The van der Waals surface area contributed by atoms with Gasteiger partial charge in [0.05, 0.1) is 40.6 Å². The Hall–Kier alpha value is -2.67. The number of aromatic nitrogens is 3. The number of rotatable bonds is 8. The third-order valence-electron chi connectivity index (χ3n) is 8.82. The van der Waals surface area contributed by atoms with Crippen molar-refractivity contribution in [2.24, 2.45) is 5.41 Å². The Kier molecular flexibility index (Phi) is 6.10. The van der Waals surface area contributed by atoms with Crippen molar-refractivity contribution in [3.8, 4) is 17.0 Å². The minimum Gasteiger partial charge on any atom is -0.491 e. The van der Waals surface area contributed by atoms with E-state index >= 15 is 0 Å². The largest absolute Gasteiger partial charge is 0.491 e. The first-order valence-electron chi connectivity index (χ1n) is 13.4. The van der Waals surface area contributed by atoms with E-state index in [1.165, 1.54) is 0 Å². The number of fused-ring (bicyclic) bond motifs is 4. The molecule has 8 rings (SSSR count). The average Bonchev–Trinajstić information content (AvgIpc) is 3.72. The number of ether oxygens (including phenoxy) is 2. The summed E-state index contributed by atoms with van der Waals surface area (Å²) in [5, 5.41) is 6.44. The molecule has 0 saturated heterocycles. The van der Waals surface area contributed by atoms with Crippen LogP contribution in [0.25, 0.3) is 22.2 Å². The molecule has 196 valence electrons. The molecule has 4 fully saturated rings. The highest BCUT2D eigenvalue weighted by atomic mass is 35.5. The summed E-state index contributed by atoms with van der Waals surface area (Å²) in [4.78, 5) is 8.64. The molecule has 0 unspecified atom stereocenters. The molecule has 0 radical (unpaired) electrons. The SMILES string of the molecule is Clc1cncc(Cl)c1-c1noc(C2CC2)c1COC12CCC(COc3cnc4ccccc4c3)(CC1)CC2. The molecular formula is C30H29Cl2N3O3. The van der Waals surface area contributed by atoms with Gasteiger partial charge in [-0.25, -0.2) is 0 Å². The molecule has 2 bridgehead atoms. The van der Waals surface area contributed by atoms with Crippen molar-refractivity contribution in [3.05, 3.63) is 70.3 Å². The van der Waals surface area contributed by atoms with E-state index in [-0.39, 0.29) is 11.0 Å². The Balaban J connectivity index is 1.04. The lowest BCUT2D eigenvalue weighted by Gasteiger charge is -2.52. The van der Waals surface area contributed by atoms with E-state index in [0.717, 1.165) is 85.9 Å². The van der Waals surface area contributed by atoms with Gasteiger partial charge >= 0.3 is 0 Å². The zero-order chi connectivity index (χ0) is 25.7. The number of nitrogens with zero attached hydrogens (tertiary/aromatic N) is 3. The molecule has 3 heterocycles. The van der Waals surface area contributed by atoms with Crippen LogP contribution in [0.2, 0.25) is 10.0 Å². The first kappa shape index (κ1) is 24.4. The summed E-state index contributed by atoms with van der Waals surface area (Å²) in [7, 11) is 0. The van der Waals surface area contributed by atoms with Crippen LogP contribution in [0, 0.1) is 5.41 Å². The summed E-state index contributed by atoms with van der Waals surface area (Å²) in [6, 6.07) is 10.2. The fraction of sp³-hybridized carbons (Fsp3) is 0.433. The zero-order valence-corrected chi connectivity index (χ0v) is 22.6. The van der Waals surface area contributed by atoms with Gasteiger partial charge in [-0.1, -0.05) is 46.6 Å². The minimum absolute atomic E-state index is 0.118. The molecule has 0 spiro atoms. The van der Waals surface area contributed by atoms with Crippen molar-refractivity contribution < 1.29 is 14.0 Å². The number of benzene rings is 1. The van der Waals surface area contributed by atoms with E-state index in [4.69, 9.17) is 37.2 Å². The maximum atomic E-state index is 6.77. The van der Waals surface area contributed by atoms with Gasteiger partial charge in [0, 0.05) is 40.2 Å². The topological polar surface area (TPSA) is 70.3 Å². The van der Waals surface area contributed by atoms with E-state index < -0.39 is 0 Å². The van der Waals surface area contributed by atoms with Gasteiger partial charge in [0.25, 0.3) is 0 Å². The van der Waals surface area contributed by atoms with E-state index in [2.05, 4.69) is 27.3 Å². The third kappa shape index (κ3) is 4.47. The maximum Gasteiger partial charge on any atom is 0.145 e. The summed E-state index contributed by atoms with van der Waals surface area (Å²) in [5.74, 6) is 2.16. The summed E-state index contributed by atoms with van der Waals surface area (Å²) in [5.41, 5.74) is 3.40. The second kappa shape index (κ2) is 9.51. The van der Waals surface area contributed by atoms with E-state index in [9.17, 15) is 0 Å². The van der Waals surface area contributed by atoms with Crippen LogP contribution in [0.3, 0.4) is 0 Å². The molecule has 8 heteroatoms. The lowest BCUT2D eigenvalue weighted by atomic mass is 9.59. The summed E-state index contributed by atoms with van der Waals surface area (Å²) in [6.07, 6.45) is 13.6. The van der Waals surface area contributed by atoms with Gasteiger partial charge in [0.15, 0.2) is 0 Å². The van der Waals surface area contributed by atoms with Crippen molar-refractivity contribution in [2.75, 3.05) is 6.61 Å². The van der Waals surface area contributed by atoms with Gasteiger partial charge in [-0.15, -0.1) is 0 Å². The van der Waals surface area contributed by atoms with Gasteiger partial charge in [-0.05, 0) is 63.5 Å². The summed E-state index contributed by atoms with van der Waals surface area (Å²) < 4.78 is 18.9. The number of halogens is 2. The van der Waals surface area contributed by atoms with Crippen molar-refractivity contribution in [2.45, 2.75) is 69.5 Å². The van der Waals surface area contributed by atoms with Crippen LogP contribution in [-0.2, 0) is 11.3 Å². The van der Waals surface area contributed by atoms with Crippen LogP contribution in [0.5, 0.6) is 5.75 Å². The lowest BCUT2D eigenvalue weighted by molar-refractivity contribution is -0.150. The van der Waals surface area contributed by atoms with Crippen LogP contribution in [0.1, 0.15) is 68.6 Å². The smallest absolute Gasteiger partial charge is 0.145 e. The van der Waals surface area contributed by atoms with Crippen LogP contribution in [0.4, 0.5) is 0 Å². The number of para-hydroxylation sites is 1. The lowest BCUT2D eigenvalue weighted by Crippen LogP contribution is -2.49. The van der Waals surface area contributed by atoms with Crippen molar-refractivity contribution in [1.29, 1.82) is 0 Å². The molecule has 3 aromatic heterocycles. The molecule has 1 aromatic carbocycles. The molecule has 4 aliphatic rings. The molecule has 0 atom stereocenters. The molecule has 0 amide bonds. The molecular weight excluding hydrogens is 521 g/mol. The monoisotopic (exact) mass is 549 g/mol. The molecule has 4 saturated carbocycles. The van der Waals surface area contributed by atoms with Gasteiger partial charge in [-0.2, -0.15) is 0 Å². The Morgan fingerprint density at radius 1 is 0.947 bits per heavy atom. The molecule has 0 aliphatic heterocycles. The molecule has 0 N–H and O–H groups in total. The Morgan fingerprint density at radius 2 is 1.68 bits per heavy atom. The minimum atomic E-state index is -0.118. The van der Waals surface area contributed by atoms with Crippen LogP contribution in [0.15, 0.2) is 53.4 Å². The Morgan fingerprint density at radius 3 is 2.42 bits per heavy atom. The maximum absolute atomic E-state index is 6.77. The fourth-order valence-corrected chi connectivity index (χ4v) is 6.76. The molecule has 6 nitrogen and oxygen atoms in total. The van der Waals surface area contributed by atoms with Gasteiger partial charge < -0.3 is 14.0 Å². The highest BCUT2D eigenvalue weighted by Crippen LogP contribution is 2.55. The summed E-state index contributed by atoms with van der Waals surface area (Å²) >= 11 is 13.0. The van der Waals surface area contributed by atoms with Crippen molar-refractivity contribution in [1.82, 2.24) is 15.1 Å². The van der Waals surface area contributed by atoms with Crippen LogP contribution < -0.4 is 4.74 Å². The highest BCUT2D eigenvalue weighted by molar-refractivity contribution is 6.38. The average molecular weight is 550 g/mol. The first-order chi connectivity index (χ1) is 18.5. The fourth-order valence-electron chi connectivity index (χ4n) is 6.22. The van der Waals surface area contributed by atoms with Gasteiger partial charge in [0.2, 0.25) is 0 Å².